The molecule has 0 saturated heterocycles. The Morgan fingerprint density at radius 1 is 1.29 bits per heavy atom. The summed E-state index contributed by atoms with van der Waals surface area (Å²) in [6.07, 6.45) is 2.42. The molecule has 112 valence electrons. The summed E-state index contributed by atoms with van der Waals surface area (Å²) in [4.78, 5) is 4.87. The minimum atomic E-state index is -0.0634. The first-order valence-electron chi connectivity index (χ1n) is 7.45. The highest BCUT2D eigenvalue weighted by molar-refractivity contribution is 5.72. The Morgan fingerprint density at radius 2 is 2.00 bits per heavy atom. The third-order valence-electron chi connectivity index (χ3n) is 3.90. The molecule has 0 amide bonds. The normalized spacial score (nSPS) is 15.2. The number of benzene rings is 1. The molecule has 4 nitrogen and oxygen atoms in total. The summed E-state index contributed by atoms with van der Waals surface area (Å²) in [6, 6.07) is 7.93. The summed E-state index contributed by atoms with van der Waals surface area (Å²) in [7, 11) is 1.67. The highest BCUT2D eigenvalue weighted by Gasteiger charge is 2.34. The average molecular weight is 285 g/mol. The van der Waals surface area contributed by atoms with E-state index in [1.165, 1.54) is 12.8 Å². The van der Waals surface area contributed by atoms with Crippen molar-refractivity contribution in [3.05, 3.63) is 30.1 Å². The van der Waals surface area contributed by atoms with Gasteiger partial charge in [0.15, 0.2) is 0 Å². The maximum atomic E-state index is 6.44. The molecule has 0 radical (unpaired) electrons. The minimum absolute atomic E-state index is 0.0634. The Kier molecular flexibility index (Phi) is 3.19. The van der Waals surface area contributed by atoms with Gasteiger partial charge < -0.3 is 15.0 Å². The number of methoxy groups -OCH3 is 1. The van der Waals surface area contributed by atoms with Gasteiger partial charge in [0.05, 0.1) is 7.11 Å². The van der Waals surface area contributed by atoms with E-state index in [2.05, 4.69) is 25.3 Å². The lowest BCUT2D eigenvalue weighted by Crippen LogP contribution is -2.25. The van der Waals surface area contributed by atoms with E-state index < -0.39 is 0 Å². The lowest BCUT2D eigenvalue weighted by Gasteiger charge is -2.25. The number of ether oxygens (including phenoxy) is 1. The molecular formula is C17H23N3O. The largest absolute Gasteiger partial charge is 0.497 e. The zero-order chi connectivity index (χ0) is 15.2. The van der Waals surface area contributed by atoms with E-state index in [0.29, 0.717) is 5.92 Å². The van der Waals surface area contributed by atoms with Crippen molar-refractivity contribution in [2.45, 2.75) is 45.1 Å². The second-order valence-electron chi connectivity index (χ2n) is 6.72. The van der Waals surface area contributed by atoms with Crippen molar-refractivity contribution in [2.24, 2.45) is 0 Å². The molecule has 1 aromatic carbocycles. The molecule has 1 fully saturated rings. The number of anilines is 1. The second kappa shape index (κ2) is 4.79. The predicted molar refractivity (Wildman–Crippen MR) is 85.6 cm³/mol. The van der Waals surface area contributed by atoms with Gasteiger partial charge in [-0.3, -0.25) is 0 Å². The molecule has 3 rings (SSSR count). The maximum absolute atomic E-state index is 6.44. The smallest absolute Gasteiger partial charge is 0.132 e. The summed E-state index contributed by atoms with van der Waals surface area (Å²) >= 11 is 0. The fourth-order valence-electron chi connectivity index (χ4n) is 2.75. The van der Waals surface area contributed by atoms with E-state index >= 15 is 0 Å². The van der Waals surface area contributed by atoms with Crippen molar-refractivity contribution in [1.82, 2.24) is 9.55 Å². The van der Waals surface area contributed by atoms with Crippen LogP contribution >= 0.6 is 0 Å². The van der Waals surface area contributed by atoms with Gasteiger partial charge in [0, 0.05) is 17.0 Å². The first kappa shape index (κ1) is 14.0. The monoisotopic (exact) mass is 285 g/mol. The van der Waals surface area contributed by atoms with Crippen LogP contribution in [0.5, 0.6) is 5.75 Å². The number of rotatable bonds is 3. The number of hydrogen-bond donors (Lipinski definition) is 1. The lowest BCUT2D eigenvalue weighted by atomic mass is 10.1. The van der Waals surface area contributed by atoms with Crippen LogP contribution < -0.4 is 10.5 Å². The molecule has 1 aromatic heterocycles. The van der Waals surface area contributed by atoms with Gasteiger partial charge in [0.2, 0.25) is 0 Å². The standard InChI is InChI=1S/C17H23N3O/c1-17(2,3)20-15(18)14(19-16(20)11-8-9-11)12-6-5-7-13(10-12)21-4/h5-7,10-11H,8-9,18H2,1-4H3. The predicted octanol–water partition coefficient (Wildman–Crippen LogP) is 3.77. The van der Waals surface area contributed by atoms with Crippen LogP contribution in [-0.2, 0) is 5.54 Å². The van der Waals surface area contributed by atoms with Crippen molar-refractivity contribution in [3.8, 4) is 17.0 Å². The molecule has 4 heteroatoms. The van der Waals surface area contributed by atoms with Crippen LogP contribution in [0.1, 0.15) is 45.4 Å². The van der Waals surface area contributed by atoms with Crippen molar-refractivity contribution in [1.29, 1.82) is 0 Å². The van der Waals surface area contributed by atoms with Gasteiger partial charge in [0.1, 0.15) is 23.1 Å². The molecule has 0 bridgehead atoms. The quantitative estimate of drug-likeness (QED) is 0.934. The van der Waals surface area contributed by atoms with E-state index in [-0.39, 0.29) is 5.54 Å². The molecule has 1 saturated carbocycles. The van der Waals surface area contributed by atoms with E-state index in [1.807, 2.05) is 24.3 Å². The van der Waals surface area contributed by atoms with Gasteiger partial charge in [-0.15, -0.1) is 0 Å². The van der Waals surface area contributed by atoms with E-state index in [4.69, 9.17) is 15.5 Å². The van der Waals surface area contributed by atoms with Crippen LogP contribution in [0.4, 0.5) is 5.82 Å². The minimum Gasteiger partial charge on any atom is -0.497 e. The van der Waals surface area contributed by atoms with Gasteiger partial charge in [-0.05, 0) is 45.7 Å². The van der Waals surface area contributed by atoms with Gasteiger partial charge in [-0.25, -0.2) is 4.98 Å². The van der Waals surface area contributed by atoms with Crippen LogP contribution in [0.2, 0.25) is 0 Å². The third kappa shape index (κ3) is 2.50. The highest BCUT2D eigenvalue weighted by Crippen LogP contribution is 2.44. The zero-order valence-corrected chi connectivity index (χ0v) is 13.2. The van der Waals surface area contributed by atoms with Gasteiger partial charge in [-0.2, -0.15) is 0 Å². The Balaban J connectivity index is 2.15. The van der Waals surface area contributed by atoms with E-state index in [9.17, 15) is 0 Å². The van der Waals surface area contributed by atoms with Crippen molar-refractivity contribution < 1.29 is 4.74 Å². The third-order valence-corrected chi connectivity index (χ3v) is 3.90. The summed E-state index contributed by atoms with van der Waals surface area (Å²) in [6.45, 7) is 6.52. The lowest BCUT2D eigenvalue weighted by molar-refractivity contribution is 0.388. The van der Waals surface area contributed by atoms with E-state index in [1.54, 1.807) is 7.11 Å². The SMILES string of the molecule is COc1cccc(-c2nc(C3CC3)n(C(C)(C)C)c2N)c1. The molecule has 0 unspecified atom stereocenters. The topological polar surface area (TPSA) is 53.1 Å². The Bertz CT molecular complexity index is 663. The first-order chi connectivity index (χ1) is 9.91. The Morgan fingerprint density at radius 3 is 2.57 bits per heavy atom. The van der Waals surface area contributed by atoms with Crippen LogP contribution in [0.15, 0.2) is 24.3 Å². The van der Waals surface area contributed by atoms with Crippen molar-refractivity contribution in [3.63, 3.8) is 0 Å². The number of nitrogens with two attached hydrogens (primary N) is 1. The molecule has 1 aliphatic rings. The van der Waals surface area contributed by atoms with Gasteiger partial charge >= 0.3 is 0 Å². The summed E-state index contributed by atoms with van der Waals surface area (Å²) in [5.74, 6) is 3.26. The van der Waals surface area contributed by atoms with Crippen molar-refractivity contribution >= 4 is 5.82 Å². The molecule has 0 atom stereocenters. The molecular weight excluding hydrogens is 262 g/mol. The summed E-state index contributed by atoms with van der Waals surface area (Å²) in [5.41, 5.74) is 8.25. The number of nitrogen functional groups attached to an aromatic ring is 1. The molecule has 0 spiro atoms. The summed E-state index contributed by atoms with van der Waals surface area (Å²) in [5, 5.41) is 0. The van der Waals surface area contributed by atoms with Crippen LogP contribution in [-0.4, -0.2) is 16.7 Å². The van der Waals surface area contributed by atoms with Crippen molar-refractivity contribution in [2.75, 3.05) is 12.8 Å². The summed E-state index contributed by atoms with van der Waals surface area (Å²) < 4.78 is 7.50. The molecule has 2 aromatic rings. The molecule has 0 aliphatic heterocycles. The zero-order valence-electron chi connectivity index (χ0n) is 13.2. The van der Waals surface area contributed by atoms with Crippen LogP contribution in [0, 0.1) is 0 Å². The number of aromatic nitrogens is 2. The first-order valence-corrected chi connectivity index (χ1v) is 7.45. The molecule has 2 N–H and O–H groups in total. The number of imidazole rings is 1. The van der Waals surface area contributed by atoms with Gasteiger partial charge in [0.25, 0.3) is 0 Å². The van der Waals surface area contributed by atoms with Crippen LogP contribution in [0.25, 0.3) is 11.3 Å². The molecule has 1 heterocycles. The molecule has 21 heavy (non-hydrogen) atoms. The van der Waals surface area contributed by atoms with Gasteiger partial charge in [-0.1, -0.05) is 12.1 Å². The number of hydrogen-bond acceptors (Lipinski definition) is 3. The number of nitrogens with zero attached hydrogens (tertiary/aromatic N) is 2. The fourth-order valence-corrected chi connectivity index (χ4v) is 2.75. The highest BCUT2D eigenvalue weighted by atomic mass is 16.5. The average Bonchev–Trinajstić information content (AvgIpc) is 3.21. The fraction of sp³-hybridized carbons (Fsp3) is 0.471. The van der Waals surface area contributed by atoms with E-state index in [0.717, 1.165) is 28.6 Å². The Labute approximate surface area is 125 Å². The Hall–Kier alpha value is -1.97. The maximum Gasteiger partial charge on any atom is 0.132 e. The molecule has 1 aliphatic carbocycles. The van der Waals surface area contributed by atoms with Crippen LogP contribution in [0.3, 0.4) is 0 Å². The second-order valence-corrected chi connectivity index (χ2v) is 6.72.